The van der Waals surface area contributed by atoms with Crippen LogP contribution in [0.4, 0.5) is 5.82 Å². The van der Waals surface area contributed by atoms with E-state index in [9.17, 15) is 4.79 Å². The van der Waals surface area contributed by atoms with Crippen molar-refractivity contribution in [1.82, 2.24) is 20.3 Å². The van der Waals surface area contributed by atoms with Crippen molar-refractivity contribution in [2.24, 2.45) is 0 Å². The molecule has 3 aromatic rings. The van der Waals surface area contributed by atoms with Crippen molar-refractivity contribution in [3.8, 4) is 11.3 Å². The summed E-state index contributed by atoms with van der Waals surface area (Å²) >= 11 is 6.33. The molecule has 1 aromatic carbocycles. The van der Waals surface area contributed by atoms with Crippen molar-refractivity contribution in [1.29, 1.82) is 0 Å². The minimum atomic E-state index is -0.0847. The van der Waals surface area contributed by atoms with Crippen LogP contribution in [-0.4, -0.2) is 52.3 Å². The van der Waals surface area contributed by atoms with Gasteiger partial charge in [-0.25, -0.2) is 0 Å². The molecule has 1 amide bonds. The Balaban J connectivity index is 1.30. The number of hydrogen-bond donors (Lipinski definition) is 0. The summed E-state index contributed by atoms with van der Waals surface area (Å²) < 4.78 is 5.36. The lowest BCUT2D eigenvalue weighted by molar-refractivity contribution is 0.0745. The highest BCUT2D eigenvalue weighted by atomic mass is 35.5. The van der Waals surface area contributed by atoms with Crippen LogP contribution in [0.15, 0.2) is 40.9 Å². The number of anilines is 1. The second-order valence-corrected chi connectivity index (χ2v) is 8.22. The Morgan fingerprint density at radius 1 is 1.07 bits per heavy atom. The second-order valence-electron chi connectivity index (χ2n) is 7.81. The van der Waals surface area contributed by atoms with Gasteiger partial charge < -0.3 is 14.3 Å². The first-order chi connectivity index (χ1) is 14.6. The van der Waals surface area contributed by atoms with Gasteiger partial charge in [-0.05, 0) is 38.0 Å². The van der Waals surface area contributed by atoms with Gasteiger partial charge in [0.15, 0.2) is 5.82 Å². The number of piperazine rings is 1. The summed E-state index contributed by atoms with van der Waals surface area (Å²) in [5.41, 5.74) is 2.75. The summed E-state index contributed by atoms with van der Waals surface area (Å²) in [6, 6.07) is 11.5. The van der Waals surface area contributed by atoms with E-state index < -0.39 is 0 Å². The first-order valence-electron chi connectivity index (χ1n) is 10.2. The first-order valence-corrected chi connectivity index (χ1v) is 10.6. The van der Waals surface area contributed by atoms with E-state index in [1.54, 1.807) is 13.0 Å². The molecule has 1 aliphatic heterocycles. The topological polar surface area (TPSA) is 75.4 Å². The molecule has 5 rings (SSSR count). The predicted molar refractivity (Wildman–Crippen MR) is 114 cm³/mol. The molecule has 2 aliphatic rings. The minimum Gasteiger partial charge on any atom is -0.360 e. The number of aryl methyl sites for hydroxylation is 1. The quantitative estimate of drug-likeness (QED) is 0.632. The molecule has 0 radical (unpaired) electrons. The molecule has 154 valence electrons. The fourth-order valence-electron chi connectivity index (χ4n) is 3.86. The van der Waals surface area contributed by atoms with Crippen molar-refractivity contribution >= 4 is 23.3 Å². The summed E-state index contributed by atoms with van der Waals surface area (Å²) in [6.07, 6.45) is 2.43. The molecule has 0 unspecified atom stereocenters. The highest BCUT2D eigenvalue weighted by molar-refractivity contribution is 6.33. The lowest BCUT2D eigenvalue weighted by Crippen LogP contribution is -2.49. The van der Waals surface area contributed by atoms with Crippen molar-refractivity contribution < 1.29 is 9.32 Å². The summed E-state index contributed by atoms with van der Waals surface area (Å²) in [6.45, 7) is 4.35. The lowest BCUT2D eigenvalue weighted by Gasteiger charge is -2.35. The molecule has 30 heavy (non-hydrogen) atoms. The molecule has 1 aliphatic carbocycles. The zero-order valence-electron chi connectivity index (χ0n) is 16.7. The fraction of sp³-hybridized carbons (Fsp3) is 0.364. The van der Waals surface area contributed by atoms with Crippen molar-refractivity contribution in [2.75, 3.05) is 31.1 Å². The molecule has 7 nitrogen and oxygen atoms in total. The SMILES string of the molecule is Cc1onc(-c2ccccc2Cl)c1C(=O)N1CCN(c2ccc(C3CC3)nn2)CC1. The summed E-state index contributed by atoms with van der Waals surface area (Å²) in [7, 11) is 0. The maximum atomic E-state index is 13.3. The van der Waals surface area contributed by atoms with Crippen LogP contribution in [0.25, 0.3) is 11.3 Å². The van der Waals surface area contributed by atoms with E-state index in [4.69, 9.17) is 16.1 Å². The van der Waals surface area contributed by atoms with Gasteiger partial charge in [-0.2, -0.15) is 5.10 Å². The van der Waals surface area contributed by atoms with Crippen LogP contribution in [0, 0.1) is 6.92 Å². The van der Waals surface area contributed by atoms with E-state index in [1.165, 1.54) is 12.8 Å². The Kier molecular flexibility index (Phi) is 4.90. The van der Waals surface area contributed by atoms with E-state index in [-0.39, 0.29) is 5.91 Å². The Hall–Kier alpha value is -2.93. The summed E-state index contributed by atoms with van der Waals surface area (Å²) in [5.74, 6) is 1.88. The first kappa shape index (κ1) is 19.1. The van der Waals surface area contributed by atoms with Gasteiger partial charge in [-0.3, -0.25) is 4.79 Å². The number of carbonyl (C=O) groups excluding carboxylic acids is 1. The Bertz CT molecular complexity index is 1070. The van der Waals surface area contributed by atoms with Crippen LogP contribution < -0.4 is 4.90 Å². The third kappa shape index (κ3) is 3.54. The second kappa shape index (κ2) is 7.72. The number of amides is 1. The molecule has 8 heteroatoms. The van der Waals surface area contributed by atoms with Gasteiger partial charge >= 0.3 is 0 Å². The number of halogens is 1. The monoisotopic (exact) mass is 423 g/mol. The zero-order valence-corrected chi connectivity index (χ0v) is 17.5. The number of hydrogen-bond acceptors (Lipinski definition) is 6. The Morgan fingerprint density at radius 2 is 1.83 bits per heavy atom. The van der Waals surface area contributed by atoms with Gasteiger partial charge in [0, 0.05) is 37.7 Å². The van der Waals surface area contributed by atoms with Crippen molar-refractivity contribution in [3.63, 3.8) is 0 Å². The van der Waals surface area contributed by atoms with Gasteiger partial charge in [-0.15, -0.1) is 5.10 Å². The van der Waals surface area contributed by atoms with E-state index >= 15 is 0 Å². The molecule has 2 aromatic heterocycles. The predicted octanol–water partition coefficient (Wildman–Crippen LogP) is 3.93. The van der Waals surface area contributed by atoms with E-state index in [0.29, 0.717) is 59.7 Å². The van der Waals surface area contributed by atoms with Crippen LogP contribution >= 0.6 is 11.6 Å². The highest BCUT2D eigenvalue weighted by Crippen LogP contribution is 2.38. The van der Waals surface area contributed by atoms with Gasteiger partial charge in [0.1, 0.15) is 17.0 Å². The maximum Gasteiger partial charge on any atom is 0.259 e. The third-order valence-electron chi connectivity index (χ3n) is 5.76. The van der Waals surface area contributed by atoms with E-state index in [1.807, 2.05) is 29.2 Å². The molecule has 0 N–H and O–H groups in total. The molecule has 3 heterocycles. The van der Waals surface area contributed by atoms with Gasteiger partial charge in [0.2, 0.25) is 0 Å². The Labute approximate surface area is 179 Å². The smallest absolute Gasteiger partial charge is 0.259 e. The summed E-state index contributed by atoms with van der Waals surface area (Å²) in [4.78, 5) is 17.3. The van der Waals surface area contributed by atoms with Gasteiger partial charge in [0.05, 0.1) is 10.7 Å². The molecule has 0 spiro atoms. The average Bonchev–Trinajstić information content (AvgIpc) is 3.56. The number of nitrogens with zero attached hydrogens (tertiary/aromatic N) is 5. The van der Waals surface area contributed by atoms with Gasteiger partial charge in [-0.1, -0.05) is 35.0 Å². The summed E-state index contributed by atoms with van der Waals surface area (Å²) in [5, 5.41) is 13.4. The van der Waals surface area contributed by atoms with Crippen LogP contribution in [0.3, 0.4) is 0 Å². The number of rotatable bonds is 4. The van der Waals surface area contributed by atoms with Crippen LogP contribution in [0.1, 0.15) is 40.6 Å². The van der Waals surface area contributed by atoms with E-state index in [0.717, 1.165) is 11.5 Å². The number of aromatic nitrogens is 3. The van der Waals surface area contributed by atoms with Crippen LogP contribution in [0.5, 0.6) is 0 Å². The molecule has 1 saturated carbocycles. The minimum absolute atomic E-state index is 0.0847. The van der Waals surface area contributed by atoms with Crippen molar-refractivity contribution in [3.05, 3.63) is 58.4 Å². The van der Waals surface area contributed by atoms with E-state index in [2.05, 4.69) is 26.3 Å². The average molecular weight is 424 g/mol. The third-order valence-corrected chi connectivity index (χ3v) is 6.09. The molecule has 2 fully saturated rings. The number of carbonyl (C=O) groups is 1. The van der Waals surface area contributed by atoms with Crippen LogP contribution in [0.2, 0.25) is 5.02 Å². The van der Waals surface area contributed by atoms with Crippen molar-refractivity contribution in [2.45, 2.75) is 25.7 Å². The lowest BCUT2D eigenvalue weighted by atomic mass is 10.0. The molecule has 0 atom stereocenters. The highest BCUT2D eigenvalue weighted by Gasteiger charge is 2.30. The molecular formula is C22H22ClN5O2. The molecule has 0 bridgehead atoms. The number of benzene rings is 1. The Morgan fingerprint density at radius 3 is 2.50 bits per heavy atom. The maximum absolute atomic E-state index is 13.3. The molecule has 1 saturated heterocycles. The normalized spacial score (nSPS) is 16.7. The zero-order chi connectivity index (χ0) is 20.7. The van der Waals surface area contributed by atoms with Crippen LogP contribution in [-0.2, 0) is 0 Å². The largest absolute Gasteiger partial charge is 0.360 e. The molecular weight excluding hydrogens is 402 g/mol. The standard InChI is InChI=1S/C22H22ClN5O2/c1-14-20(21(26-30-14)16-4-2-3-5-17(16)23)22(29)28-12-10-27(11-13-28)19-9-8-18(24-25-19)15-6-7-15/h2-5,8-9,15H,6-7,10-13H2,1H3. The van der Waals surface area contributed by atoms with Gasteiger partial charge in [0.25, 0.3) is 5.91 Å². The fourth-order valence-corrected chi connectivity index (χ4v) is 4.08.